The highest BCUT2D eigenvalue weighted by atomic mass is 16.5. The minimum atomic E-state index is 0.127. The van der Waals surface area contributed by atoms with Crippen LogP contribution in [0.5, 0.6) is 5.75 Å². The van der Waals surface area contributed by atoms with Crippen molar-refractivity contribution in [2.24, 2.45) is 0 Å². The molecule has 16 heavy (non-hydrogen) atoms. The maximum atomic E-state index is 8.83. The van der Waals surface area contributed by atoms with Crippen LogP contribution in [0.1, 0.15) is 18.1 Å². The lowest BCUT2D eigenvalue weighted by atomic mass is 10.1. The van der Waals surface area contributed by atoms with Gasteiger partial charge in [-0.25, -0.2) is 0 Å². The van der Waals surface area contributed by atoms with Gasteiger partial charge in [0.1, 0.15) is 12.4 Å². The van der Waals surface area contributed by atoms with E-state index in [1.54, 1.807) is 0 Å². The van der Waals surface area contributed by atoms with Crippen molar-refractivity contribution >= 4 is 0 Å². The van der Waals surface area contributed by atoms with Crippen molar-refractivity contribution < 1.29 is 9.84 Å². The molecule has 1 atom stereocenters. The molecule has 0 saturated carbocycles. The molecule has 0 radical (unpaired) electrons. The van der Waals surface area contributed by atoms with Crippen LogP contribution in [0, 0.1) is 13.8 Å². The highest BCUT2D eigenvalue weighted by Crippen LogP contribution is 2.20. The van der Waals surface area contributed by atoms with Crippen molar-refractivity contribution in [3.8, 4) is 5.75 Å². The largest absolute Gasteiger partial charge is 0.492 e. The zero-order chi connectivity index (χ0) is 12.0. The zero-order valence-electron chi connectivity index (χ0n) is 10.3. The number of nitrogens with one attached hydrogen (secondary N) is 1. The van der Waals surface area contributed by atoms with Crippen molar-refractivity contribution in [2.45, 2.75) is 26.8 Å². The molecule has 1 rings (SSSR count). The first-order valence-corrected chi connectivity index (χ1v) is 5.68. The number of rotatable bonds is 6. The minimum absolute atomic E-state index is 0.127. The Kier molecular flexibility index (Phi) is 5.29. The molecule has 0 aromatic heterocycles. The molecular formula is C13H21NO2. The average Bonchev–Trinajstić information content (AvgIpc) is 2.29. The number of aryl methyl sites for hydroxylation is 1. The molecule has 1 aromatic carbocycles. The van der Waals surface area contributed by atoms with E-state index in [1.165, 1.54) is 11.1 Å². The lowest BCUT2D eigenvalue weighted by Crippen LogP contribution is -2.32. The van der Waals surface area contributed by atoms with E-state index in [1.807, 2.05) is 19.1 Å². The lowest BCUT2D eigenvalue weighted by molar-refractivity contribution is 0.239. The first-order valence-electron chi connectivity index (χ1n) is 5.68. The highest BCUT2D eigenvalue weighted by Gasteiger charge is 2.02. The van der Waals surface area contributed by atoms with E-state index in [9.17, 15) is 0 Å². The summed E-state index contributed by atoms with van der Waals surface area (Å²) in [7, 11) is 0. The predicted molar refractivity (Wildman–Crippen MR) is 66.0 cm³/mol. The van der Waals surface area contributed by atoms with Crippen LogP contribution < -0.4 is 10.1 Å². The fourth-order valence-electron chi connectivity index (χ4n) is 1.41. The predicted octanol–water partition coefficient (Wildman–Crippen LogP) is 1.65. The van der Waals surface area contributed by atoms with Crippen molar-refractivity contribution in [3.63, 3.8) is 0 Å². The van der Waals surface area contributed by atoms with E-state index < -0.39 is 0 Å². The van der Waals surface area contributed by atoms with Crippen LogP contribution in [0.4, 0.5) is 0 Å². The molecule has 3 heteroatoms. The molecule has 0 aliphatic carbocycles. The van der Waals surface area contributed by atoms with Gasteiger partial charge in [0.05, 0.1) is 6.61 Å². The molecular weight excluding hydrogens is 202 g/mol. The number of ether oxygens (including phenoxy) is 1. The Balaban J connectivity index is 2.35. The summed E-state index contributed by atoms with van der Waals surface area (Å²) < 4.78 is 5.67. The Labute approximate surface area is 97.4 Å². The standard InChI is InChI=1S/C13H21NO2/c1-10-5-4-6-13(12(10)3)16-8-7-14-11(2)9-15/h4-6,11,14-15H,7-9H2,1-3H3/t11-/m0/s1. The van der Waals surface area contributed by atoms with Gasteiger partial charge in [-0.15, -0.1) is 0 Å². The molecule has 90 valence electrons. The summed E-state index contributed by atoms with van der Waals surface area (Å²) in [4.78, 5) is 0. The zero-order valence-corrected chi connectivity index (χ0v) is 10.3. The second kappa shape index (κ2) is 6.51. The Hall–Kier alpha value is -1.06. The third-order valence-electron chi connectivity index (χ3n) is 2.68. The van der Waals surface area contributed by atoms with Gasteiger partial charge in [0.25, 0.3) is 0 Å². The number of hydrogen-bond acceptors (Lipinski definition) is 3. The van der Waals surface area contributed by atoms with Gasteiger partial charge in [-0.2, -0.15) is 0 Å². The van der Waals surface area contributed by atoms with Gasteiger partial charge in [0.2, 0.25) is 0 Å². The van der Waals surface area contributed by atoms with Crippen molar-refractivity contribution in [1.29, 1.82) is 0 Å². The van der Waals surface area contributed by atoms with E-state index in [4.69, 9.17) is 9.84 Å². The summed E-state index contributed by atoms with van der Waals surface area (Å²) in [6.45, 7) is 7.61. The van der Waals surface area contributed by atoms with Crippen molar-refractivity contribution in [2.75, 3.05) is 19.8 Å². The van der Waals surface area contributed by atoms with Gasteiger partial charge < -0.3 is 15.2 Å². The van der Waals surface area contributed by atoms with Gasteiger partial charge >= 0.3 is 0 Å². The number of benzene rings is 1. The smallest absolute Gasteiger partial charge is 0.122 e. The third-order valence-corrected chi connectivity index (χ3v) is 2.68. The van der Waals surface area contributed by atoms with E-state index >= 15 is 0 Å². The van der Waals surface area contributed by atoms with E-state index in [2.05, 4.69) is 25.2 Å². The van der Waals surface area contributed by atoms with Crippen molar-refractivity contribution in [1.82, 2.24) is 5.32 Å². The Morgan fingerprint density at radius 3 is 2.81 bits per heavy atom. The van der Waals surface area contributed by atoms with Crippen molar-refractivity contribution in [3.05, 3.63) is 29.3 Å². The van der Waals surface area contributed by atoms with Crippen LogP contribution in [0.15, 0.2) is 18.2 Å². The second-order valence-electron chi connectivity index (χ2n) is 4.08. The summed E-state index contributed by atoms with van der Waals surface area (Å²) in [5, 5.41) is 12.0. The lowest BCUT2D eigenvalue weighted by Gasteiger charge is -2.13. The monoisotopic (exact) mass is 223 g/mol. The average molecular weight is 223 g/mol. The number of aliphatic hydroxyl groups excluding tert-OH is 1. The maximum Gasteiger partial charge on any atom is 0.122 e. The van der Waals surface area contributed by atoms with Gasteiger partial charge in [0, 0.05) is 12.6 Å². The molecule has 0 amide bonds. The second-order valence-corrected chi connectivity index (χ2v) is 4.08. The molecule has 0 saturated heterocycles. The summed E-state index contributed by atoms with van der Waals surface area (Å²) >= 11 is 0. The number of hydrogen-bond donors (Lipinski definition) is 2. The normalized spacial score (nSPS) is 12.5. The molecule has 0 fully saturated rings. The minimum Gasteiger partial charge on any atom is -0.492 e. The molecule has 0 heterocycles. The topological polar surface area (TPSA) is 41.5 Å². The first-order chi connectivity index (χ1) is 7.65. The Morgan fingerprint density at radius 2 is 2.12 bits per heavy atom. The van der Waals surface area contributed by atoms with Crippen LogP contribution in [0.2, 0.25) is 0 Å². The third kappa shape index (κ3) is 3.83. The molecule has 2 N–H and O–H groups in total. The van der Waals surface area contributed by atoms with E-state index in [0.717, 1.165) is 12.3 Å². The summed E-state index contributed by atoms with van der Waals surface area (Å²) in [5.41, 5.74) is 2.44. The van der Waals surface area contributed by atoms with E-state index in [-0.39, 0.29) is 12.6 Å². The summed E-state index contributed by atoms with van der Waals surface area (Å²) in [6.07, 6.45) is 0. The van der Waals surface area contributed by atoms with Crippen LogP contribution in [-0.2, 0) is 0 Å². The highest BCUT2D eigenvalue weighted by molar-refractivity contribution is 5.38. The number of aliphatic hydroxyl groups is 1. The Bertz CT molecular complexity index is 326. The quantitative estimate of drug-likeness (QED) is 0.721. The molecule has 0 aliphatic heterocycles. The van der Waals surface area contributed by atoms with Crippen LogP contribution in [-0.4, -0.2) is 30.9 Å². The van der Waals surface area contributed by atoms with Crippen LogP contribution in [0.25, 0.3) is 0 Å². The SMILES string of the molecule is Cc1cccc(OCCN[C@@H](C)CO)c1C. The molecule has 0 unspecified atom stereocenters. The van der Waals surface area contributed by atoms with Gasteiger partial charge in [-0.3, -0.25) is 0 Å². The molecule has 1 aromatic rings. The first kappa shape index (κ1) is 13.0. The molecule has 0 aliphatic rings. The fraction of sp³-hybridized carbons (Fsp3) is 0.538. The van der Waals surface area contributed by atoms with Gasteiger partial charge in [0.15, 0.2) is 0 Å². The van der Waals surface area contributed by atoms with Gasteiger partial charge in [-0.05, 0) is 38.0 Å². The summed E-state index contributed by atoms with van der Waals surface area (Å²) in [5.74, 6) is 0.943. The molecule has 0 spiro atoms. The maximum absolute atomic E-state index is 8.83. The van der Waals surface area contributed by atoms with Crippen LogP contribution >= 0.6 is 0 Å². The molecule has 3 nitrogen and oxygen atoms in total. The summed E-state index contributed by atoms with van der Waals surface area (Å²) in [6, 6.07) is 6.19. The van der Waals surface area contributed by atoms with E-state index in [0.29, 0.717) is 6.61 Å². The van der Waals surface area contributed by atoms with Crippen LogP contribution in [0.3, 0.4) is 0 Å². The fourth-order valence-corrected chi connectivity index (χ4v) is 1.41. The Morgan fingerprint density at radius 1 is 1.38 bits per heavy atom. The molecule has 0 bridgehead atoms. The van der Waals surface area contributed by atoms with Gasteiger partial charge in [-0.1, -0.05) is 12.1 Å².